The third-order valence-corrected chi connectivity index (χ3v) is 2.69. The molecule has 0 spiro atoms. The molecule has 1 saturated carbocycles. The lowest BCUT2D eigenvalue weighted by Gasteiger charge is -2.21. The fraction of sp³-hybridized carbons (Fsp3) is 0.800. The first-order valence-corrected chi connectivity index (χ1v) is 5.08. The summed E-state index contributed by atoms with van der Waals surface area (Å²) in [6, 6.07) is 0. The molecule has 0 amide bonds. The van der Waals surface area contributed by atoms with Crippen molar-refractivity contribution < 1.29 is 19.1 Å². The first kappa shape index (κ1) is 12.3. The van der Waals surface area contributed by atoms with E-state index >= 15 is 0 Å². The number of ether oxygens (including phenoxy) is 2. The molecule has 0 N–H and O–H groups in total. The molecule has 0 aromatic heterocycles. The van der Waals surface area contributed by atoms with Crippen LogP contribution in [-0.2, 0) is 19.1 Å². The van der Waals surface area contributed by atoms with Gasteiger partial charge in [0.05, 0.1) is 13.0 Å². The SMILES string of the molecule is COC(=O)C1CC1(Cl)C(=O)OC(C)(C)C. The maximum absolute atomic E-state index is 11.6. The van der Waals surface area contributed by atoms with E-state index in [0.717, 1.165) is 0 Å². The second-order valence-corrected chi connectivity index (χ2v) is 5.32. The lowest BCUT2D eigenvalue weighted by Crippen LogP contribution is -2.32. The predicted molar refractivity (Wildman–Crippen MR) is 54.6 cm³/mol. The second-order valence-electron chi connectivity index (χ2n) is 4.64. The van der Waals surface area contributed by atoms with E-state index in [-0.39, 0.29) is 6.42 Å². The van der Waals surface area contributed by atoms with Crippen LogP contribution >= 0.6 is 11.6 Å². The zero-order valence-electron chi connectivity index (χ0n) is 9.30. The smallest absolute Gasteiger partial charge is 0.328 e. The van der Waals surface area contributed by atoms with Crippen molar-refractivity contribution in [1.82, 2.24) is 0 Å². The van der Waals surface area contributed by atoms with Crippen molar-refractivity contribution in [2.24, 2.45) is 5.92 Å². The van der Waals surface area contributed by atoms with Crippen LogP contribution in [0.15, 0.2) is 0 Å². The molecule has 0 bridgehead atoms. The van der Waals surface area contributed by atoms with E-state index in [1.54, 1.807) is 20.8 Å². The predicted octanol–water partition coefficient (Wildman–Crippen LogP) is 1.50. The van der Waals surface area contributed by atoms with E-state index in [0.29, 0.717) is 0 Å². The number of carbonyl (C=O) groups is 2. The van der Waals surface area contributed by atoms with Gasteiger partial charge in [-0.3, -0.25) is 9.59 Å². The van der Waals surface area contributed by atoms with Gasteiger partial charge < -0.3 is 9.47 Å². The highest BCUT2D eigenvalue weighted by Gasteiger charge is 2.65. The zero-order chi connectivity index (χ0) is 11.9. The summed E-state index contributed by atoms with van der Waals surface area (Å²) >= 11 is 5.97. The summed E-state index contributed by atoms with van der Waals surface area (Å²) in [4.78, 5) is 21.5. The molecule has 0 radical (unpaired) electrons. The normalized spacial score (nSPS) is 29.5. The molecule has 2 atom stereocenters. The Morgan fingerprint density at radius 3 is 2.33 bits per heavy atom. The van der Waals surface area contributed by atoms with Crippen molar-refractivity contribution in [3.63, 3.8) is 0 Å². The van der Waals surface area contributed by atoms with Crippen molar-refractivity contribution in [3.8, 4) is 0 Å². The van der Waals surface area contributed by atoms with Gasteiger partial charge in [0.25, 0.3) is 0 Å². The Bertz CT molecular complexity index is 294. The van der Waals surface area contributed by atoms with Gasteiger partial charge in [-0.15, -0.1) is 11.6 Å². The van der Waals surface area contributed by atoms with Crippen LogP contribution in [0.4, 0.5) is 0 Å². The molecule has 1 fully saturated rings. The molecule has 1 aliphatic rings. The summed E-state index contributed by atoms with van der Waals surface area (Å²) in [6.07, 6.45) is 0.288. The lowest BCUT2D eigenvalue weighted by molar-refractivity contribution is -0.157. The number of alkyl halides is 1. The number of hydrogen-bond donors (Lipinski definition) is 0. The standard InChI is InChI=1S/C10H15ClO4/c1-9(2,3)15-8(13)10(11)5-6(10)7(12)14-4/h6H,5H2,1-4H3. The van der Waals surface area contributed by atoms with Crippen molar-refractivity contribution in [1.29, 1.82) is 0 Å². The van der Waals surface area contributed by atoms with Crippen LogP contribution in [0, 0.1) is 5.92 Å². The molecule has 0 saturated heterocycles. The number of rotatable bonds is 2. The van der Waals surface area contributed by atoms with Gasteiger partial charge in [0.1, 0.15) is 5.60 Å². The Balaban J connectivity index is 2.60. The highest BCUT2D eigenvalue weighted by molar-refractivity contribution is 6.38. The van der Waals surface area contributed by atoms with Crippen LogP contribution in [0.3, 0.4) is 0 Å². The van der Waals surface area contributed by atoms with Gasteiger partial charge in [0.2, 0.25) is 0 Å². The largest absolute Gasteiger partial charge is 0.469 e. The van der Waals surface area contributed by atoms with E-state index in [1.807, 2.05) is 0 Å². The van der Waals surface area contributed by atoms with Crippen LogP contribution in [0.25, 0.3) is 0 Å². The number of hydrogen-bond acceptors (Lipinski definition) is 4. The minimum absolute atomic E-state index is 0.288. The molecule has 86 valence electrons. The van der Waals surface area contributed by atoms with Crippen molar-refractivity contribution >= 4 is 23.5 Å². The highest BCUT2D eigenvalue weighted by Crippen LogP contribution is 2.51. The minimum atomic E-state index is -1.21. The molecular formula is C10H15ClO4. The third-order valence-electron chi connectivity index (χ3n) is 2.12. The molecule has 5 heteroatoms. The molecule has 0 heterocycles. The number of carbonyl (C=O) groups excluding carboxylic acids is 2. The van der Waals surface area contributed by atoms with Crippen molar-refractivity contribution in [3.05, 3.63) is 0 Å². The summed E-state index contributed by atoms with van der Waals surface area (Å²) in [5, 5.41) is 0. The van der Waals surface area contributed by atoms with Gasteiger partial charge in [-0.1, -0.05) is 0 Å². The average Bonchev–Trinajstić information content (AvgIpc) is 2.75. The first-order valence-electron chi connectivity index (χ1n) is 4.71. The van der Waals surface area contributed by atoms with Gasteiger partial charge in [0, 0.05) is 0 Å². The number of esters is 2. The molecular weight excluding hydrogens is 220 g/mol. The Morgan fingerprint density at radius 1 is 1.40 bits per heavy atom. The minimum Gasteiger partial charge on any atom is -0.469 e. The van der Waals surface area contributed by atoms with E-state index in [1.165, 1.54) is 7.11 Å². The summed E-state index contributed by atoms with van der Waals surface area (Å²) in [5.74, 6) is -1.58. The Morgan fingerprint density at radius 2 is 1.93 bits per heavy atom. The van der Waals surface area contributed by atoms with E-state index in [4.69, 9.17) is 16.3 Å². The Kier molecular flexibility index (Phi) is 3.01. The van der Waals surface area contributed by atoms with Crippen LogP contribution in [-0.4, -0.2) is 29.5 Å². The second kappa shape index (κ2) is 3.67. The monoisotopic (exact) mass is 234 g/mol. The van der Waals surface area contributed by atoms with Crippen molar-refractivity contribution in [2.75, 3.05) is 7.11 Å². The first-order chi connectivity index (χ1) is 6.70. The number of halogens is 1. The van der Waals surface area contributed by atoms with Gasteiger partial charge in [-0.05, 0) is 27.2 Å². The number of methoxy groups -OCH3 is 1. The molecule has 15 heavy (non-hydrogen) atoms. The Labute approximate surface area is 93.9 Å². The van der Waals surface area contributed by atoms with Gasteiger partial charge in [-0.2, -0.15) is 0 Å². The summed E-state index contributed by atoms with van der Waals surface area (Å²) in [7, 11) is 1.27. The highest BCUT2D eigenvalue weighted by atomic mass is 35.5. The quantitative estimate of drug-likeness (QED) is 0.537. The maximum atomic E-state index is 11.6. The molecule has 4 nitrogen and oxygen atoms in total. The maximum Gasteiger partial charge on any atom is 0.328 e. The van der Waals surface area contributed by atoms with Crippen LogP contribution in [0.5, 0.6) is 0 Å². The summed E-state index contributed by atoms with van der Waals surface area (Å²) in [6.45, 7) is 5.25. The van der Waals surface area contributed by atoms with Gasteiger partial charge in [0.15, 0.2) is 4.87 Å². The van der Waals surface area contributed by atoms with E-state index in [9.17, 15) is 9.59 Å². The topological polar surface area (TPSA) is 52.6 Å². The molecule has 1 aliphatic carbocycles. The van der Waals surface area contributed by atoms with Crippen LogP contribution in [0.2, 0.25) is 0 Å². The fourth-order valence-corrected chi connectivity index (χ4v) is 1.52. The Hall–Kier alpha value is -0.770. The fourth-order valence-electron chi connectivity index (χ4n) is 1.24. The summed E-state index contributed by atoms with van der Waals surface area (Å²) < 4.78 is 9.63. The summed E-state index contributed by atoms with van der Waals surface area (Å²) in [5.41, 5.74) is -0.595. The molecule has 2 unspecified atom stereocenters. The molecule has 1 rings (SSSR count). The molecule has 0 aromatic rings. The third kappa shape index (κ3) is 2.62. The van der Waals surface area contributed by atoms with Crippen LogP contribution in [0.1, 0.15) is 27.2 Å². The van der Waals surface area contributed by atoms with Crippen molar-refractivity contribution in [2.45, 2.75) is 37.7 Å². The van der Waals surface area contributed by atoms with E-state index < -0.39 is 28.3 Å². The molecule has 0 aliphatic heterocycles. The lowest BCUT2D eigenvalue weighted by atomic mass is 10.2. The van der Waals surface area contributed by atoms with E-state index in [2.05, 4.69) is 4.74 Å². The van der Waals surface area contributed by atoms with Gasteiger partial charge >= 0.3 is 11.9 Å². The van der Waals surface area contributed by atoms with Crippen LogP contribution < -0.4 is 0 Å². The zero-order valence-corrected chi connectivity index (χ0v) is 10.1. The average molecular weight is 235 g/mol. The van der Waals surface area contributed by atoms with Gasteiger partial charge in [-0.25, -0.2) is 0 Å². The molecule has 0 aromatic carbocycles.